The third kappa shape index (κ3) is 4.26. The lowest BCUT2D eigenvalue weighted by Crippen LogP contribution is -2.58. The minimum absolute atomic E-state index is 0.0560. The summed E-state index contributed by atoms with van der Waals surface area (Å²) in [5, 5.41) is 8.35. The Morgan fingerprint density at radius 1 is 1.22 bits per heavy atom. The van der Waals surface area contributed by atoms with Crippen molar-refractivity contribution in [1.29, 1.82) is 0 Å². The fourth-order valence-corrected chi connectivity index (χ4v) is 6.17. The maximum absolute atomic E-state index is 14.0. The van der Waals surface area contributed by atoms with Gasteiger partial charge in [-0.2, -0.15) is 5.10 Å². The number of hydrogen-bond acceptors (Lipinski definition) is 6. The second kappa shape index (κ2) is 9.48. The molecule has 9 nitrogen and oxygen atoms in total. The number of carbonyl (C=O) groups is 1. The summed E-state index contributed by atoms with van der Waals surface area (Å²) >= 11 is 6.31. The number of aromatic nitrogens is 5. The summed E-state index contributed by atoms with van der Waals surface area (Å²) in [5.41, 5.74) is 2.14. The number of aromatic amines is 1. The molecular formula is C25H30ClFN8O. The van der Waals surface area contributed by atoms with E-state index >= 15 is 0 Å². The number of piperazine rings is 1. The van der Waals surface area contributed by atoms with Crippen molar-refractivity contribution in [2.75, 3.05) is 26.2 Å². The average Bonchev–Trinajstić information content (AvgIpc) is 3.53. The molecule has 0 radical (unpaired) electrons. The fraction of sp³-hybridized carbons (Fsp3) is 0.520. The minimum atomic E-state index is -0.580. The Kier molecular flexibility index (Phi) is 6.17. The van der Waals surface area contributed by atoms with Crippen LogP contribution >= 0.6 is 11.6 Å². The first-order valence-corrected chi connectivity index (χ1v) is 13.0. The highest BCUT2D eigenvalue weighted by atomic mass is 35.5. The molecule has 3 aliphatic rings. The number of hydrogen-bond donors (Lipinski definition) is 2. The molecule has 3 aromatic heterocycles. The quantitative estimate of drug-likeness (QED) is 0.403. The molecule has 1 amide bonds. The first kappa shape index (κ1) is 23.4. The standard InChI is InChI=1S/C25H30ClFN8O/c1-15-20(27)11-29-23(26)21(15)25(36)34-6-4-33(5-7-34)18-8-16(9-18)12-35-13-17(10-32-35)22-19-2-3-28-24(19)31-14-30-22/h2-3,10-11,13-16,18,21,23,29H,4-9,12H2,1H3,(H,28,30,31). The lowest BCUT2D eigenvalue weighted by molar-refractivity contribution is -0.140. The van der Waals surface area contributed by atoms with Crippen molar-refractivity contribution in [3.05, 3.63) is 43.0 Å². The van der Waals surface area contributed by atoms with Gasteiger partial charge in [0.15, 0.2) is 0 Å². The van der Waals surface area contributed by atoms with E-state index in [9.17, 15) is 9.18 Å². The molecule has 2 fully saturated rings. The van der Waals surface area contributed by atoms with Gasteiger partial charge in [-0.25, -0.2) is 14.4 Å². The largest absolute Gasteiger partial charge is 0.372 e. The van der Waals surface area contributed by atoms with Crippen LogP contribution in [-0.2, 0) is 11.3 Å². The summed E-state index contributed by atoms with van der Waals surface area (Å²) in [6.45, 7) is 5.62. The van der Waals surface area contributed by atoms with Gasteiger partial charge in [-0.15, -0.1) is 0 Å². The van der Waals surface area contributed by atoms with E-state index in [4.69, 9.17) is 11.6 Å². The highest BCUT2D eigenvalue weighted by molar-refractivity contribution is 6.22. The molecule has 1 saturated heterocycles. The molecule has 3 unspecified atom stereocenters. The Hall–Kier alpha value is -2.98. The van der Waals surface area contributed by atoms with E-state index in [2.05, 4.69) is 36.5 Å². The highest BCUT2D eigenvalue weighted by Gasteiger charge is 2.41. The third-order valence-corrected chi connectivity index (χ3v) is 8.41. The zero-order chi connectivity index (χ0) is 24.8. The minimum Gasteiger partial charge on any atom is -0.372 e. The molecule has 5 heterocycles. The van der Waals surface area contributed by atoms with Crippen LogP contribution in [-0.4, -0.2) is 78.2 Å². The number of alkyl halides is 1. The molecule has 0 aromatic carbocycles. The van der Waals surface area contributed by atoms with Crippen LogP contribution in [0.4, 0.5) is 4.39 Å². The Morgan fingerprint density at radius 3 is 2.83 bits per heavy atom. The van der Waals surface area contributed by atoms with Gasteiger partial charge in [-0.05, 0) is 24.8 Å². The number of rotatable bonds is 5. The second-order valence-electron chi connectivity index (χ2n) is 10.2. The summed E-state index contributed by atoms with van der Waals surface area (Å²) < 4.78 is 16.0. The Bertz CT molecular complexity index is 1280. The number of amides is 1. The lowest BCUT2D eigenvalue weighted by atomic mass is 9.79. The van der Waals surface area contributed by atoms with Crippen LogP contribution in [0.3, 0.4) is 0 Å². The normalized spacial score (nSPS) is 29.0. The molecule has 0 spiro atoms. The molecule has 6 rings (SSSR count). The number of halogens is 2. The van der Waals surface area contributed by atoms with Gasteiger partial charge in [-0.3, -0.25) is 14.4 Å². The summed E-state index contributed by atoms with van der Waals surface area (Å²) in [6, 6.07) is 2.53. The van der Waals surface area contributed by atoms with Crippen LogP contribution in [0.2, 0.25) is 0 Å². The SMILES string of the molecule is CC1C(F)=CNC(Cl)C1C(=O)N1CCN(C2CC(Cn3cc(-c4ncnc5[nH]ccc45)cn3)C2)CC1. The lowest BCUT2D eigenvalue weighted by Gasteiger charge is -2.47. The highest BCUT2D eigenvalue weighted by Crippen LogP contribution is 2.35. The molecule has 2 aliphatic heterocycles. The maximum atomic E-state index is 14.0. The van der Waals surface area contributed by atoms with Crippen molar-refractivity contribution in [2.24, 2.45) is 17.8 Å². The van der Waals surface area contributed by atoms with Gasteiger partial charge in [0.25, 0.3) is 0 Å². The monoisotopic (exact) mass is 512 g/mol. The van der Waals surface area contributed by atoms with Crippen LogP contribution in [0.25, 0.3) is 22.3 Å². The molecular weight excluding hydrogens is 483 g/mol. The van der Waals surface area contributed by atoms with Gasteiger partial charge >= 0.3 is 0 Å². The van der Waals surface area contributed by atoms with E-state index in [0.717, 1.165) is 54.8 Å². The van der Waals surface area contributed by atoms with Crippen molar-refractivity contribution in [2.45, 2.75) is 37.9 Å². The zero-order valence-corrected chi connectivity index (χ0v) is 20.9. The van der Waals surface area contributed by atoms with Gasteiger partial charge in [0, 0.05) is 74.2 Å². The maximum Gasteiger partial charge on any atom is 0.229 e. The predicted molar refractivity (Wildman–Crippen MR) is 134 cm³/mol. The number of nitrogens with one attached hydrogen (secondary N) is 2. The van der Waals surface area contributed by atoms with Crippen LogP contribution in [0.1, 0.15) is 19.8 Å². The zero-order valence-electron chi connectivity index (χ0n) is 20.1. The van der Waals surface area contributed by atoms with Crippen LogP contribution in [0, 0.1) is 17.8 Å². The van der Waals surface area contributed by atoms with Gasteiger partial charge in [0.1, 0.15) is 23.3 Å². The van der Waals surface area contributed by atoms with E-state index < -0.39 is 17.3 Å². The second-order valence-corrected chi connectivity index (χ2v) is 10.6. The molecule has 1 aliphatic carbocycles. The number of H-pyrrole nitrogens is 1. The Labute approximate surface area is 213 Å². The number of carbonyl (C=O) groups excluding carboxylic acids is 1. The molecule has 36 heavy (non-hydrogen) atoms. The van der Waals surface area contributed by atoms with Crippen molar-refractivity contribution >= 4 is 28.5 Å². The summed E-state index contributed by atoms with van der Waals surface area (Å²) in [4.78, 5) is 29.2. The number of fused-ring (bicyclic) bond motifs is 1. The summed E-state index contributed by atoms with van der Waals surface area (Å²) in [5.74, 6) is -0.868. The van der Waals surface area contributed by atoms with E-state index in [1.807, 2.05) is 28.0 Å². The Morgan fingerprint density at radius 2 is 2.03 bits per heavy atom. The van der Waals surface area contributed by atoms with Gasteiger partial charge in [0.05, 0.1) is 17.8 Å². The van der Waals surface area contributed by atoms with Gasteiger partial charge in [0.2, 0.25) is 5.91 Å². The van der Waals surface area contributed by atoms with E-state index in [1.165, 1.54) is 6.20 Å². The first-order chi connectivity index (χ1) is 17.5. The van der Waals surface area contributed by atoms with E-state index in [1.54, 1.807) is 13.3 Å². The summed E-state index contributed by atoms with van der Waals surface area (Å²) in [6.07, 6.45) is 10.9. The molecule has 190 valence electrons. The molecule has 1 saturated carbocycles. The topological polar surface area (TPSA) is 95.0 Å². The van der Waals surface area contributed by atoms with Crippen LogP contribution < -0.4 is 5.32 Å². The van der Waals surface area contributed by atoms with Gasteiger partial charge in [-0.1, -0.05) is 18.5 Å². The molecule has 3 aromatic rings. The van der Waals surface area contributed by atoms with Crippen LogP contribution in [0.5, 0.6) is 0 Å². The molecule has 11 heteroatoms. The predicted octanol–water partition coefficient (Wildman–Crippen LogP) is 2.98. The molecule has 0 bridgehead atoms. The average molecular weight is 513 g/mol. The van der Waals surface area contributed by atoms with Crippen LogP contribution in [0.15, 0.2) is 43.0 Å². The smallest absolute Gasteiger partial charge is 0.229 e. The first-order valence-electron chi connectivity index (χ1n) is 12.6. The number of nitrogens with zero attached hydrogens (tertiary/aromatic N) is 6. The fourth-order valence-electron chi connectivity index (χ4n) is 5.78. The van der Waals surface area contributed by atoms with Crippen molar-refractivity contribution in [3.8, 4) is 11.3 Å². The van der Waals surface area contributed by atoms with Crippen molar-refractivity contribution in [3.63, 3.8) is 0 Å². The van der Waals surface area contributed by atoms with E-state index in [0.29, 0.717) is 25.0 Å². The van der Waals surface area contributed by atoms with Gasteiger partial charge < -0.3 is 15.2 Å². The molecule has 2 N–H and O–H groups in total. The number of allylic oxidation sites excluding steroid dienone is 1. The Balaban J connectivity index is 0.993. The van der Waals surface area contributed by atoms with Crippen molar-refractivity contribution in [1.82, 2.24) is 39.8 Å². The summed E-state index contributed by atoms with van der Waals surface area (Å²) in [7, 11) is 0. The van der Waals surface area contributed by atoms with E-state index in [-0.39, 0.29) is 11.7 Å². The van der Waals surface area contributed by atoms with Crippen molar-refractivity contribution < 1.29 is 9.18 Å². The third-order valence-electron chi connectivity index (χ3n) is 8.01. The molecule has 3 atom stereocenters.